The Morgan fingerprint density at radius 2 is 2.40 bits per heavy atom. The second kappa shape index (κ2) is 5.18. The number of aromatic nitrogens is 1. The first-order valence-corrected chi connectivity index (χ1v) is 6.72. The standard InChI is InChI=1S/C10H12BrNO2S/c1-15-10-3-8(2-9(11)12-10)14-6-7-4-13-5-7/h2-3,7H,4-6H2,1H3. The summed E-state index contributed by atoms with van der Waals surface area (Å²) in [4.78, 5) is 4.29. The van der Waals surface area contributed by atoms with Gasteiger partial charge in [0.1, 0.15) is 15.4 Å². The Morgan fingerprint density at radius 1 is 1.60 bits per heavy atom. The van der Waals surface area contributed by atoms with E-state index in [4.69, 9.17) is 9.47 Å². The van der Waals surface area contributed by atoms with Crippen LogP contribution in [-0.4, -0.2) is 31.1 Å². The molecule has 1 saturated heterocycles. The average molecular weight is 290 g/mol. The molecule has 0 saturated carbocycles. The SMILES string of the molecule is CSc1cc(OCC2COC2)cc(Br)n1. The smallest absolute Gasteiger partial charge is 0.124 e. The third-order valence-electron chi connectivity index (χ3n) is 2.15. The van der Waals surface area contributed by atoms with Crippen molar-refractivity contribution in [1.82, 2.24) is 4.98 Å². The first kappa shape index (κ1) is 11.2. The number of hydrogen-bond acceptors (Lipinski definition) is 4. The van der Waals surface area contributed by atoms with Crippen LogP contribution < -0.4 is 4.74 Å². The first-order chi connectivity index (χ1) is 7.28. The highest BCUT2D eigenvalue weighted by Gasteiger charge is 2.19. The van der Waals surface area contributed by atoms with E-state index in [-0.39, 0.29) is 0 Å². The minimum Gasteiger partial charge on any atom is -0.493 e. The van der Waals surface area contributed by atoms with Gasteiger partial charge in [0.2, 0.25) is 0 Å². The lowest BCUT2D eigenvalue weighted by molar-refractivity contribution is -0.0508. The summed E-state index contributed by atoms with van der Waals surface area (Å²) in [7, 11) is 0. The molecule has 2 heterocycles. The van der Waals surface area contributed by atoms with E-state index >= 15 is 0 Å². The predicted molar refractivity (Wildman–Crippen MR) is 63.5 cm³/mol. The van der Waals surface area contributed by atoms with E-state index in [1.165, 1.54) is 0 Å². The fourth-order valence-electron chi connectivity index (χ4n) is 1.23. The molecule has 0 spiro atoms. The molecule has 1 aliphatic heterocycles. The third-order valence-corrected chi connectivity index (χ3v) is 3.18. The average Bonchev–Trinajstić information content (AvgIpc) is 2.14. The molecule has 3 nitrogen and oxygen atoms in total. The summed E-state index contributed by atoms with van der Waals surface area (Å²) in [6, 6.07) is 3.84. The van der Waals surface area contributed by atoms with Gasteiger partial charge in [0, 0.05) is 18.1 Å². The molecular weight excluding hydrogens is 278 g/mol. The Balaban J connectivity index is 1.96. The normalized spacial score (nSPS) is 16.1. The Morgan fingerprint density at radius 3 is 3.00 bits per heavy atom. The maximum absolute atomic E-state index is 5.67. The summed E-state index contributed by atoms with van der Waals surface area (Å²) < 4.78 is 11.6. The van der Waals surface area contributed by atoms with Crippen LogP contribution >= 0.6 is 27.7 Å². The molecule has 0 amide bonds. The summed E-state index contributed by atoms with van der Waals surface area (Å²) in [6.07, 6.45) is 2.00. The van der Waals surface area contributed by atoms with E-state index in [1.54, 1.807) is 11.8 Å². The molecule has 0 unspecified atom stereocenters. The highest BCUT2D eigenvalue weighted by molar-refractivity contribution is 9.10. The highest BCUT2D eigenvalue weighted by atomic mass is 79.9. The lowest BCUT2D eigenvalue weighted by Crippen LogP contribution is -2.32. The van der Waals surface area contributed by atoms with Crippen LogP contribution in [-0.2, 0) is 4.74 Å². The molecule has 82 valence electrons. The fourth-order valence-corrected chi connectivity index (χ4v) is 2.19. The van der Waals surface area contributed by atoms with Crippen molar-refractivity contribution in [3.05, 3.63) is 16.7 Å². The van der Waals surface area contributed by atoms with Gasteiger partial charge in [-0.1, -0.05) is 0 Å². The molecule has 2 rings (SSSR count). The van der Waals surface area contributed by atoms with Crippen molar-refractivity contribution in [2.24, 2.45) is 5.92 Å². The number of ether oxygens (including phenoxy) is 2. The van der Waals surface area contributed by atoms with Crippen LogP contribution in [0.15, 0.2) is 21.8 Å². The van der Waals surface area contributed by atoms with Gasteiger partial charge in [0.25, 0.3) is 0 Å². The molecule has 1 aromatic rings. The van der Waals surface area contributed by atoms with E-state index < -0.39 is 0 Å². The summed E-state index contributed by atoms with van der Waals surface area (Å²) >= 11 is 4.97. The van der Waals surface area contributed by atoms with Crippen LogP contribution in [0.3, 0.4) is 0 Å². The van der Waals surface area contributed by atoms with Gasteiger partial charge in [-0.05, 0) is 22.2 Å². The van der Waals surface area contributed by atoms with Gasteiger partial charge in [-0.25, -0.2) is 4.98 Å². The van der Waals surface area contributed by atoms with E-state index in [1.807, 2.05) is 18.4 Å². The Bertz CT molecular complexity index is 344. The zero-order chi connectivity index (χ0) is 10.7. The fraction of sp³-hybridized carbons (Fsp3) is 0.500. The zero-order valence-electron chi connectivity index (χ0n) is 8.40. The molecule has 1 aromatic heterocycles. The Kier molecular flexibility index (Phi) is 3.88. The minimum atomic E-state index is 0.551. The Hall–Kier alpha value is -0.260. The number of thioether (sulfide) groups is 1. The summed E-state index contributed by atoms with van der Waals surface area (Å²) in [6.45, 7) is 2.37. The van der Waals surface area contributed by atoms with Gasteiger partial charge in [-0.15, -0.1) is 11.8 Å². The van der Waals surface area contributed by atoms with Crippen molar-refractivity contribution in [2.45, 2.75) is 5.03 Å². The van der Waals surface area contributed by atoms with E-state index in [9.17, 15) is 0 Å². The number of pyridine rings is 1. The number of rotatable bonds is 4. The lowest BCUT2D eigenvalue weighted by atomic mass is 10.1. The molecule has 15 heavy (non-hydrogen) atoms. The molecular formula is C10H12BrNO2S. The molecule has 0 radical (unpaired) electrons. The van der Waals surface area contributed by atoms with Crippen molar-refractivity contribution in [3.8, 4) is 5.75 Å². The van der Waals surface area contributed by atoms with Crippen molar-refractivity contribution in [2.75, 3.05) is 26.1 Å². The first-order valence-electron chi connectivity index (χ1n) is 4.70. The second-order valence-corrected chi connectivity index (χ2v) is 5.02. The molecule has 0 aromatic carbocycles. The molecule has 0 bridgehead atoms. The zero-order valence-corrected chi connectivity index (χ0v) is 10.8. The molecule has 0 N–H and O–H groups in total. The Labute approximate surface area is 102 Å². The van der Waals surface area contributed by atoms with Gasteiger partial charge in [0.05, 0.1) is 19.8 Å². The number of halogens is 1. The van der Waals surface area contributed by atoms with E-state index in [2.05, 4.69) is 20.9 Å². The van der Waals surface area contributed by atoms with Gasteiger partial charge in [0.15, 0.2) is 0 Å². The van der Waals surface area contributed by atoms with Gasteiger partial charge >= 0.3 is 0 Å². The van der Waals surface area contributed by atoms with Gasteiger partial charge in [-0.3, -0.25) is 0 Å². The largest absolute Gasteiger partial charge is 0.493 e. The highest BCUT2D eigenvalue weighted by Crippen LogP contribution is 2.24. The van der Waals surface area contributed by atoms with E-state index in [0.717, 1.165) is 35.2 Å². The van der Waals surface area contributed by atoms with Crippen LogP contribution in [0.1, 0.15) is 0 Å². The van der Waals surface area contributed by atoms with Crippen LogP contribution in [0.4, 0.5) is 0 Å². The third kappa shape index (κ3) is 3.09. The van der Waals surface area contributed by atoms with Crippen molar-refractivity contribution >= 4 is 27.7 Å². The second-order valence-electron chi connectivity index (χ2n) is 3.38. The number of hydrogen-bond donors (Lipinski definition) is 0. The maximum atomic E-state index is 5.67. The summed E-state index contributed by atoms with van der Waals surface area (Å²) in [5.74, 6) is 1.42. The molecule has 0 aliphatic carbocycles. The molecule has 0 atom stereocenters. The summed E-state index contributed by atoms with van der Waals surface area (Å²) in [5.41, 5.74) is 0. The maximum Gasteiger partial charge on any atom is 0.124 e. The van der Waals surface area contributed by atoms with Crippen LogP contribution in [0.2, 0.25) is 0 Å². The van der Waals surface area contributed by atoms with Crippen LogP contribution in [0, 0.1) is 5.92 Å². The summed E-state index contributed by atoms with van der Waals surface area (Å²) in [5, 5.41) is 0.962. The van der Waals surface area contributed by atoms with Crippen LogP contribution in [0.25, 0.3) is 0 Å². The number of nitrogens with zero attached hydrogens (tertiary/aromatic N) is 1. The van der Waals surface area contributed by atoms with Crippen molar-refractivity contribution in [3.63, 3.8) is 0 Å². The minimum absolute atomic E-state index is 0.551. The van der Waals surface area contributed by atoms with Crippen molar-refractivity contribution in [1.29, 1.82) is 0 Å². The molecule has 1 fully saturated rings. The van der Waals surface area contributed by atoms with Gasteiger partial charge < -0.3 is 9.47 Å². The van der Waals surface area contributed by atoms with Gasteiger partial charge in [-0.2, -0.15) is 0 Å². The molecule has 5 heteroatoms. The monoisotopic (exact) mass is 289 g/mol. The topological polar surface area (TPSA) is 31.4 Å². The van der Waals surface area contributed by atoms with Crippen molar-refractivity contribution < 1.29 is 9.47 Å². The molecule has 1 aliphatic rings. The quantitative estimate of drug-likeness (QED) is 0.630. The predicted octanol–water partition coefficient (Wildman–Crippen LogP) is 2.59. The van der Waals surface area contributed by atoms with E-state index in [0.29, 0.717) is 5.92 Å². The van der Waals surface area contributed by atoms with Crippen LogP contribution in [0.5, 0.6) is 5.75 Å². The lowest BCUT2D eigenvalue weighted by Gasteiger charge is -2.25.